The fourth-order valence-electron chi connectivity index (χ4n) is 1.96. The van der Waals surface area contributed by atoms with Crippen LogP contribution in [0.5, 0.6) is 0 Å². The van der Waals surface area contributed by atoms with Gasteiger partial charge in [-0.25, -0.2) is 4.99 Å². The molecule has 1 aromatic rings. The number of aromatic carboxylic acids is 1. The van der Waals surface area contributed by atoms with Crippen LogP contribution in [0.2, 0.25) is 0 Å². The van der Waals surface area contributed by atoms with Gasteiger partial charge in [-0.15, -0.1) is 0 Å². The molecule has 0 spiro atoms. The number of aryl methyl sites for hydroxylation is 1. The molecule has 1 atom stereocenters. The van der Waals surface area contributed by atoms with Crippen molar-refractivity contribution in [2.75, 3.05) is 0 Å². The van der Waals surface area contributed by atoms with Gasteiger partial charge in [0.25, 0.3) is 5.91 Å². The highest BCUT2D eigenvalue weighted by atomic mass is 16.4. The number of carbonyl (C=O) groups excluding carboxylic acids is 2. The third kappa shape index (κ3) is 2.17. The van der Waals surface area contributed by atoms with Gasteiger partial charge in [-0.1, -0.05) is 13.8 Å². The van der Waals surface area contributed by atoms with E-state index in [4.69, 9.17) is 0 Å². The summed E-state index contributed by atoms with van der Waals surface area (Å²) in [4.78, 5) is 31.7. The lowest BCUT2D eigenvalue weighted by atomic mass is 9.89. The molecule has 1 aromatic heterocycles. The number of nitrogens with one attached hydrogen (secondary N) is 1. The summed E-state index contributed by atoms with van der Waals surface area (Å²) < 4.78 is 0. The Kier molecular flexibility index (Phi) is 3.33. The lowest BCUT2D eigenvalue weighted by molar-refractivity contribution is -0.255. The predicted octanol–water partition coefficient (Wildman–Crippen LogP) is 0.0446. The fourth-order valence-corrected chi connectivity index (χ4v) is 1.96. The van der Waals surface area contributed by atoms with Crippen molar-refractivity contribution in [1.29, 1.82) is 0 Å². The smallest absolute Gasteiger partial charge is 0.253 e. The molecule has 20 heavy (non-hydrogen) atoms. The zero-order valence-corrected chi connectivity index (χ0v) is 11.9. The van der Waals surface area contributed by atoms with Crippen molar-refractivity contribution < 1.29 is 14.7 Å². The second-order valence-corrected chi connectivity index (χ2v) is 5.41. The van der Waals surface area contributed by atoms with Gasteiger partial charge >= 0.3 is 0 Å². The summed E-state index contributed by atoms with van der Waals surface area (Å²) in [5.74, 6) is -1.43. The Morgan fingerprint density at radius 2 is 2.10 bits per heavy atom. The van der Waals surface area contributed by atoms with Crippen LogP contribution >= 0.6 is 0 Å². The molecule has 1 unspecified atom stereocenters. The van der Waals surface area contributed by atoms with E-state index in [2.05, 4.69) is 15.3 Å². The van der Waals surface area contributed by atoms with E-state index in [9.17, 15) is 14.7 Å². The van der Waals surface area contributed by atoms with Crippen molar-refractivity contribution >= 4 is 17.7 Å². The molecule has 0 saturated carbocycles. The van der Waals surface area contributed by atoms with Crippen LogP contribution in [0, 0.1) is 12.8 Å². The number of rotatable bonds is 3. The van der Waals surface area contributed by atoms with Gasteiger partial charge in [0.05, 0.1) is 5.97 Å². The molecule has 1 amide bonds. The third-order valence-corrected chi connectivity index (χ3v) is 3.63. The van der Waals surface area contributed by atoms with Crippen LogP contribution in [0.3, 0.4) is 0 Å². The first-order valence-electron chi connectivity index (χ1n) is 6.35. The summed E-state index contributed by atoms with van der Waals surface area (Å²) >= 11 is 0. The quantitative estimate of drug-likeness (QED) is 0.842. The molecule has 106 valence electrons. The van der Waals surface area contributed by atoms with Crippen molar-refractivity contribution in [3.05, 3.63) is 29.1 Å². The molecule has 1 N–H and O–H groups in total. The lowest BCUT2D eigenvalue weighted by Crippen LogP contribution is -2.41. The monoisotopic (exact) mass is 274 g/mol. The van der Waals surface area contributed by atoms with Gasteiger partial charge in [0.1, 0.15) is 11.2 Å². The van der Waals surface area contributed by atoms with Crippen LogP contribution in [0.25, 0.3) is 0 Å². The number of carboxylic acid groups (broad SMARTS) is 1. The Morgan fingerprint density at radius 1 is 1.45 bits per heavy atom. The van der Waals surface area contributed by atoms with E-state index in [1.165, 1.54) is 12.3 Å². The number of carbonyl (C=O) groups is 2. The maximum Gasteiger partial charge on any atom is 0.253 e. The van der Waals surface area contributed by atoms with Gasteiger partial charge in [-0.3, -0.25) is 9.78 Å². The largest absolute Gasteiger partial charge is 0.545 e. The van der Waals surface area contributed by atoms with Crippen molar-refractivity contribution in [2.24, 2.45) is 10.9 Å². The van der Waals surface area contributed by atoms with E-state index in [0.717, 1.165) is 0 Å². The number of hydrogen-bond donors (Lipinski definition) is 1. The molecular formula is C14H16N3O3-. The second-order valence-electron chi connectivity index (χ2n) is 5.41. The molecular weight excluding hydrogens is 258 g/mol. The average molecular weight is 274 g/mol. The molecule has 1 aliphatic rings. The fraction of sp³-hybridized carbons (Fsp3) is 0.429. The van der Waals surface area contributed by atoms with E-state index in [1.807, 2.05) is 13.8 Å². The normalized spacial score (nSPS) is 21.9. The van der Waals surface area contributed by atoms with Gasteiger partial charge in [-0.2, -0.15) is 0 Å². The maximum atomic E-state index is 12.1. The van der Waals surface area contributed by atoms with E-state index < -0.39 is 11.5 Å². The van der Waals surface area contributed by atoms with Crippen LogP contribution < -0.4 is 10.4 Å². The first-order valence-corrected chi connectivity index (χ1v) is 6.35. The summed E-state index contributed by atoms with van der Waals surface area (Å²) in [6, 6.07) is 1.46. The van der Waals surface area contributed by atoms with Crippen LogP contribution in [0.15, 0.2) is 17.3 Å². The zero-order chi connectivity index (χ0) is 15.1. The number of hydrogen-bond acceptors (Lipinski definition) is 5. The lowest BCUT2D eigenvalue weighted by Gasteiger charge is -2.21. The Balaban J connectivity index is 2.54. The zero-order valence-electron chi connectivity index (χ0n) is 11.9. The highest BCUT2D eigenvalue weighted by Crippen LogP contribution is 2.27. The topological polar surface area (TPSA) is 94.5 Å². The molecule has 0 fully saturated rings. The standard InChI is InChI=1S/C14H17N3O3/c1-7(2)14(4)13(20)16-11(17-14)10-9(12(18)19)5-8(3)6-15-10/h5-7H,1-4H3,(H,18,19)(H,16,17,20)/p-1. The van der Waals surface area contributed by atoms with Crippen LogP contribution in [0.1, 0.15) is 42.4 Å². The molecule has 6 nitrogen and oxygen atoms in total. The third-order valence-electron chi connectivity index (χ3n) is 3.63. The molecule has 2 rings (SSSR count). The Bertz CT molecular complexity index is 622. The minimum Gasteiger partial charge on any atom is -0.545 e. The first kappa shape index (κ1) is 14.2. The predicted molar refractivity (Wildman–Crippen MR) is 71.2 cm³/mol. The average Bonchev–Trinajstić information content (AvgIpc) is 2.66. The Labute approximate surface area is 116 Å². The summed E-state index contributed by atoms with van der Waals surface area (Å²) in [6.45, 7) is 7.21. The van der Waals surface area contributed by atoms with Gasteiger partial charge < -0.3 is 15.2 Å². The molecule has 0 aliphatic carbocycles. The number of nitrogens with zero attached hydrogens (tertiary/aromatic N) is 2. The number of aromatic nitrogens is 1. The van der Waals surface area contributed by atoms with Gasteiger partial charge in [0, 0.05) is 11.8 Å². The van der Waals surface area contributed by atoms with Crippen molar-refractivity contribution in [3.8, 4) is 0 Å². The molecule has 0 saturated heterocycles. The summed E-state index contributed by atoms with van der Waals surface area (Å²) in [5.41, 5.74) is -0.152. The minimum atomic E-state index is -1.34. The van der Waals surface area contributed by atoms with Crippen molar-refractivity contribution in [1.82, 2.24) is 10.3 Å². The highest BCUT2D eigenvalue weighted by molar-refractivity contribution is 6.17. The van der Waals surface area contributed by atoms with E-state index in [0.29, 0.717) is 5.56 Å². The van der Waals surface area contributed by atoms with Gasteiger partial charge in [-0.05, 0) is 31.4 Å². The van der Waals surface area contributed by atoms with Crippen LogP contribution in [0.4, 0.5) is 0 Å². The van der Waals surface area contributed by atoms with Crippen molar-refractivity contribution in [2.45, 2.75) is 33.2 Å². The molecule has 2 heterocycles. The van der Waals surface area contributed by atoms with Gasteiger partial charge in [0.15, 0.2) is 5.84 Å². The van der Waals surface area contributed by atoms with E-state index in [1.54, 1.807) is 13.8 Å². The number of aliphatic imine (C=N–C) groups is 1. The van der Waals surface area contributed by atoms with E-state index >= 15 is 0 Å². The van der Waals surface area contributed by atoms with Gasteiger partial charge in [0.2, 0.25) is 0 Å². The summed E-state index contributed by atoms with van der Waals surface area (Å²) in [7, 11) is 0. The Hall–Kier alpha value is -2.24. The van der Waals surface area contributed by atoms with Crippen molar-refractivity contribution in [3.63, 3.8) is 0 Å². The molecule has 6 heteroatoms. The van der Waals surface area contributed by atoms with E-state index in [-0.39, 0.29) is 28.9 Å². The molecule has 0 bridgehead atoms. The van der Waals surface area contributed by atoms with Crippen LogP contribution in [-0.2, 0) is 4.79 Å². The maximum absolute atomic E-state index is 12.1. The molecule has 1 aliphatic heterocycles. The minimum absolute atomic E-state index is 0.0168. The first-order chi connectivity index (χ1) is 9.25. The second kappa shape index (κ2) is 4.70. The van der Waals surface area contributed by atoms with Crippen LogP contribution in [-0.4, -0.2) is 28.2 Å². The number of carboxylic acids is 1. The Morgan fingerprint density at radius 3 is 2.60 bits per heavy atom. The SMILES string of the molecule is Cc1cnc(C2=NC(C)(C(C)C)C(=O)N2)c(C(=O)[O-])c1. The molecule has 0 aromatic carbocycles. The highest BCUT2D eigenvalue weighted by Gasteiger charge is 2.42. The number of amides is 1. The molecule has 0 radical (unpaired) electrons. The summed E-state index contributed by atoms with van der Waals surface area (Å²) in [5, 5.41) is 13.8. The summed E-state index contributed by atoms with van der Waals surface area (Å²) in [6.07, 6.45) is 1.53. The number of amidine groups is 1. The number of pyridine rings is 1.